The van der Waals surface area contributed by atoms with Gasteiger partial charge in [-0.15, -0.1) is 0 Å². The number of hydrogen-bond acceptors (Lipinski definition) is 5. The summed E-state index contributed by atoms with van der Waals surface area (Å²) in [4.78, 5) is 21.3. The van der Waals surface area contributed by atoms with Crippen molar-refractivity contribution in [3.63, 3.8) is 0 Å². The first-order valence-corrected chi connectivity index (χ1v) is 12.1. The van der Waals surface area contributed by atoms with Gasteiger partial charge in [-0.1, -0.05) is 25.1 Å². The number of aryl methyl sites for hydroxylation is 1. The summed E-state index contributed by atoms with van der Waals surface area (Å²) in [6, 6.07) is 8.58. The van der Waals surface area contributed by atoms with Gasteiger partial charge >= 0.3 is 0 Å². The fourth-order valence-electron chi connectivity index (χ4n) is 4.76. The van der Waals surface area contributed by atoms with E-state index in [0.717, 1.165) is 48.4 Å². The van der Waals surface area contributed by atoms with Crippen LogP contribution < -0.4 is 5.32 Å². The van der Waals surface area contributed by atoms with Crippen LogP contribution in [0.5, 0.6) is 5.75 Å². The average Bonchev–Trinajstić information content (AvgIpc) is 3.52. The van der Waals surface area contributed by atoms with Crippen LogP contribution >= 0.6 is 0 Å². The van der Waals surface area contributed by atoms with Crippen molar-refractivity contribution in [1.29, 1.82) is 0 Å². The number of H-pyrrole nitrogens is 2. The maximum absolute atomic E-state index is 15.6. The van der Waals surface area contributed by atoms with Crippen LogP contribution in [0.2, 0.25) is 0 Å². The van der Waals surface area contributed by atoms with Gasteiger partial charge < -0.3 is 15.4 Å². The van der Waals surface area contributed by atoms with E-state index in [9.17, 15) is 9.90 Å². The Labute approximate surface area is 208 Å². The smallest absolute Gasteiger partial charge is 0.216 e. The normalized spacial score (nSPS) is 14.2. The molecule has 8 nitrogen and oxygen atoms in total. The fraction of sp³-hybridized carbons (Fsp3) is 0.296. The second kappa shape index (κ2) is 9.94. The minimum absolute atomic E-state index is 0.0230. The highest BCUT2D eigenvalue weighted by Gasteiger charge is 2.20. The molecule has 0 atom stereocenters. The van der Waals surface area contributed by atoms with E-state index in [1.807, 2.05) is 13.0 Å². The molecule has 1 aliphatic rings. The van der Waals surface area contributed by atoms with Gasteiger partial charge in [0, 0.05) is 44.1 Å². The summed E-state index contributed by atoms with van der Waals surface area (Å²) in [5.41, 5.74) is 4.98. The van der Waals surface area contributed by atoms with Crippen LogP contribution in [-0.2, 0) is 11.2 Å². The zero-order chi connectivity index (χ0) is 25.2. The molecule has 2 aromatic carbocycles. The Bertz CT molecular complexity index is 1450. The lowest BCUT2D eigenvalue weighted by Gasteiger charge is -2.26. The Balaban J connectivity index is 1.40. The number of nitrogens with zero attached hydrogens (tertiary/aromatic N) is 3. The van der Waals surface area contributed by atoms with Crippen molar-refractivity contribution in [2.45, 2.75) is 26.7 Å². The van der Waals surface area contributed by atoms with E-state index >= 15 is 4.39 Å². The summed E-state index contributed by atoms with van der Waals surface area (Å²) in [5, 5.41) is 20.5. The Kier molecular flexibility index (Phi) is 6.56. The first kappa shape index (κ1) is 23.7. The number of amides is 1. The highest BCUT2D eigenvalue weighted by atomic mass is 19.1. The zero-order valence-corrected chi connectivity index (χ0v) is 20.4. The van der Waals surface area contributed by atoms with Crippen molar-refractivity contribution < 1.29 is 14.3 Å². The van der Waals surface area contributed by atoms with Crippen LogP contribution in [0, 0.1) is 5.82 Å². The highest BCUT2D eigenvalue weighted by Crippen LogP contribution is 2.35. The number of phenolic OH excluding ortho intramolecular Hbond substituents is 1. The summed E-state index contributed by atoms with van der Waals surface area (Å²) < 4.78 is 15.6. The average molecular weight is 489 g/mol. The summed E-state index contributed by atoms with van der Waals surface area (Å²) >= 11 is 0. The lowest BCUT2D eigenvalue weighted by Crippen LogP contribution is -2.36. The number of carbonyl (C=O) groups is 1. The first-order chi connectivity index (χ1) is 17.4. The number of aromatic nitrogens is 4. The molecule has 5 rings (SSSR count). The Morgan fingerprint density at radius 2 is 2.08 bits per heavy atom. The summed E-state index contributed by atoms with van der Waals surface area (Å²) in [6.45, 7) is 6.60. The van der Waals surface area contributed by atoms with E-state index < -0.39 is 5.82 Å². The highest BCUT2D eigenvalue weighted by molar-refractivity contribution is 5.95. The zero-order valence-electron chi connectivity index (χ0n) is 20.4. The van der Waals surface area contributed by atoms with E-state index in [0.29, 0.717) is 35.4 Å². The molecule has 2 aromatic heterocycles. The van der Waals surface area contributed by atoms with Gasteiger partial charge in [0.1, 0.15) is 17.0 Å². The summed E-state index contributed by atoms with van der Waals surface area (Å²) in [7, 11) is 0. The lowest BCUT2D eigenvalue weighted by molar-refractivity contribution is -0.119. The monoisotopic (exact) mass is 488 g/mol. The molecule has 0 saturated carbocycles. The van der Waals surface area contributed by atoms with Gasteiger partial charge in [0.15, 0.2) is 11.6 Å². The van der Waals surface area contributed by atoms with Crippen molar-refractivity contribution in [3.8, 4) is 28.4 Å². The standard InChI is InChI=1S/C27H29FN6O2/c1-3-17-13-19(36)6-7-20(17)21-8-9-22-25(24(21)28)32-33-26(22)27-30-14-23(31-27)18-5-4-11-34(15-18)12-10-29-16(2)35/h5-9,13-14,36H,3-4,10-12,15H2,1-2H3,(H,29,35)(H,30,31)(H,32,33). The molecule has 4 aromatic rings. The Morgan fingerprint density at radius 3 is 2.89 bits per heavy atom. The van der Waals surface area contributed by atoms with Crippen LogP contribution in [0.1, 0.15) is 31.5 Å². The molecule has 1 aliphatic heterocycles. The van der Waals surface area contributed by atoms with Crippen molar-refractivity contribution in [2.24, 2.45) is 0 Å². The second-order valence-electron chi connectivity index (χ2n) is 9.04. The van der Waals surface area contributed by atoms with E-state index in [1.54, 1.807) is 30.5 Å². The second-order valence-corrected chi connectivity index (χ2v) is 9.04. The SMILES string of the molecule is CCc1cc(O)ccc1-c1ccc2c(-c3ncc(C4=CCCN(CCNC(C)=O)C4)[nH]3)[nH]nc2c1F. The summed E-state index contributed by atoms with van der Waals surface area (Å²) in [5.74, 6) is 0.323. The van der Waals surface area contributed by atoms with Crippen molar-refractivity contribution in [3.05, 3.63) is 59.7 Å². The predicted molar refractivity (Wildman–Crippen MR) is 138 cm³/mol. The number of hydrogen-bond donors (Lipinski definition) is 4. The van der Waals surface area contributed by atoms with Crippen LogP contribution in [0.4, 0.5) is 4.39 Å². The maximum atomic E-state index is 15.6. The molecule has 3 heterocycles. The number of aromatic amines is 2. The minimum Gasteiger partial charge on any atom is -0.508 e. The van der Waals surface area contributed by atoms with Gasteiger partial charge in [-0.3, -0.25) is 14.8 Å². The van der Waals surface area contributed by atoms with E-state index in [-0.39, 0.29) is 17.2 Å². The van der Waals surface area contributed by atoms with E-state index in [2.05, 4.69) is 36.5 Å². The van der Waals surface area contributed by atoms with Gasteiger partial charge in [0.05, 0.1) is 11.9 Å². The number of halogens is 1. The molecule has 0 unspecified atom stereocenters. The topological polar surface area (TPSA) is 110 Å². The molecule has 0 aliphatic carbocycles. The molecule has 0 bridgehead atoms. The number of fused-ring (bicyclic) bond motifs is 1. The number of phenols is 1. The van der Waals surface area contributed by atoms with E-state index in [4.69, 9.17) is 0 Å². The van der Waals surface area contributed by atoms with Crippen LogP contribution in [0.15, 0.2) is 42.6 Å². The van der Waals surface area contributed by atoms with Gasteiger partial charge in [0.2, 0.25) is 5.91 Å². The van der Waals surface area contributed by atoms with Crippen molar-refractivity contribution in [1.82, 2.24) is 30.4 Å². The number of nitrogens with one attached hydrogen (secondary N) is 3. The van der Waals surface area contributed by atoms with Crippen molar-refractivity contribution in [2.75, 3.05) is 26.2 Å². The molecule has 0 radical (unpaired) electrons. The minimum atomic E-state index is -0.410. The molecule has 4 N–H and O–H groups in total. The molecule has 9 heteroatoms. The van der Waals surface area contributed by atoms with Gasteiger partial charge in [-0.2, -0.15) is 5.10 Å². The molecule has 1 amide bonds. The van der Waals surface area contributed by atoms with Crippen molar-refractivity contribution >= 4 is 22.4 Å². The van der Waals surface area contributed by atoms with Gasteiger partial charge in [0.25, 0.3) is 0 Å². The van der Waals surface area contributed by atoms with Crippen LogP contribution in [0.25, 0.3) is 39.1 Å². The third-order valence-electron chi connectivity index (χ3n) is 6.62. The summed E-state index contributed by atoms with van der Waals surface area (Å²) in [6.07, 6.45) is 5.58. The molecule has 0 saturated heterocycles. The number of rotatable bonds is 7. The Hall–Kier alpha value is -3.98. The fourth-order valence-corrected chi connectivity index (χ4v) is 4.76. The molecule has 0 fully saturated rings. The number of imidazole rings is 1. The predicted octanol–water partition coefficient (Wildman–Crippen LogP) is 4.25. The first-order valence-electron chi connectivity index (χ1n) is 12.1. The molecular weight excluding hydrogens is 459 g/mol. The largest absolute Gasteiger partial charge is 0.508 e. The van der Waals surface area contributed by atoms with Gasteiger partial charge in [-0.25, -0.2) is 9.37 Å². The van der Waals surface area contributed by atoms with E-state index in [1.165, 1.54) is 6.92 Å². The number of aromatic hydroxyl groups is 1. The lowest BCUT2D eigenvalue weighted by atomic mass is 9.96. The third-order valence-corrected chi connectivity index (χ3v) is 6.62. The molecular formula is C27H29FN6O2. The van der Waals surface area contributed by atoms with Gasteiger partial charge in [-0.05, 0) is 47.7 Å². The Morgan fingerprint density at radius 1 is 1.25 bits per heavy atom. The molecule has 36 heavy (non-hydrogen) atoms. The quantitative estimate of drug-likeness (QED) is 0.311. The molecule has 186 valence electrons. The molecule has 0 spiro atoms. The maximum Gasteiger partial charge on any atom is 0.216 e. The van der Waals surface area contributed by atoms with Crippen LogP contribution in [-0.4, -0.2) is 62.3 Å². The van der Waals surface area contributed by atoms with Crippen LogP contribution in [0.3, 0.4) is 0 Å². The third kappa shape index (κ3) is 4.61. The number of carbonyl (C=O) groups excluding carboxylic acids is 1. The number of benzene rings is 2.